The Morgan fingerprint density at radius 3 is 2.56 bits per heavy atom. The van der Waals surface area contributed by atoms with Crippen molar-refractivity contribution in [2.75, 3.05) is 25.5 Å². The minimum atomic E-state index is -0.975. The van der Waals surface area contributed by atoms with Gasteiger partial charge in [-0.1, -0.05) is 23.8 Å². The first kappa shape index (κ1) is 43.5. The molecule has 57 heavy (non-hydrogen) atoms. The molecule has 4 amide bonds. The summed E-state index contributed by atoms with van der Waals surface area (Å²) in [7, 11) is 0. The van der Waals surface area contributed by atoms with Gasteiger partial charge in [0.05, 0.1) is 53.5 Å². The van der Waals surface area contributed by atoms with Gasteiger partial charge in [0.1, 0.15) is 6.61 Å². The van der Waals surface area contributed by atoms with Gasteiger partial charge in [-0.15, -0.1) is 5.10 Å². The van der Waals surface area contributed by atoms with E-state index in [1.54, 1.807) is 30.5 Å². The van der Waals surface area contributed by atoms with Crippen LogP contribution in [0.5, 0.6) is 5.75 Å². The van der Waals surface area contributed by atoms with Crippen LogP contribution < -0.4 is 31.7 Å². The summed E-state index contributed by atoms with van der Waals surface area (Å²) in [5, 5.41) is 20.8. The minimum Gasteiger partial charge on any atom is -0.480 e. The number of amides is 4. The van der Waals surface area contributed by atoms with E-state index in [2.05, 4.69) is 31.6 Å². The quantitative estimate of drug-likeness (QED) is 0.0719. The fraction of sp³-hybridized carbons (Fsp3) is 0.550. The molecule has 17 heteroatoms. The van der Waals surface area contributed by atoms with E-state index in [1.165, 1.54) is 10.7 Å². The van der Waals surface area contributed by atoms with Gasteiger partial charge in [0, 0.05) is 29.4 Å². The molecule has 0 unspecified atom stereocenters. The van der Waals surface area contributed by atoms with Gasteiger partial charge in [0.2, 0.25) is 5.91 Å². The average Bonchev–Trinajstić information content (AvgIpc) is 3.88. The number of halogens is 2. The first-order chi connectivity index (χ1) is 27.1. The fourth-order valence-corrected chi connectivity index (χ4v) is 8.36. The molecule has 0 bridgehead atoms. The van der Waals surface area contributed by atoms with Gasteiger partial charge in [0.15, 0.2) is 23.2 Å². The van der Waals surface area contributed by atoms with Gasteiger partial charge in [-0.05, 0) is 96.7 Å². The fourth-order valence-electron chi connectivity index (χ4n) is 6.82. The van der Waals surface area contributed by atoms with Crippen LogP contribution in [-0.2, 0) is 20.7 Å². The zero-order chi connectivity index (χ0) is 41.2. The molecule has 5 rings (SSSR count). The van der Waals surface area contributed by atoms with Crippen molar-refractivity contribution in [2.24, 2.45) is 5.73 Å². The van der Waals surface area contributed by atoms with E-state index in [1.807, 2.05) is 39.5 Å². The molecule has 310 valence electrons. The molecule has 3 aromatic rings. The van der Waals surface area contributed by atoms with E-state index in [0.717, 1.165) is 37.1 Å². The summed E-state index contributed by atoms with van der Waals surface area (Å²) in [6.45, 7) is 7.75. The van der Waals surface area contributed by atoms with Crippen LogP contribution in [-0.4, -0.2) is 98.6 Å². The van der Waals surface area contributed by atoms with Crippen molar-refractivity contribution in [1.29, 1.82) is 0 Å². The van der Waals surface area contributed by atoms with E-state index in [4.69, 9.17) is 15.2 Å². The number of nitrogens with two attached hydrogens (primary N) is 1. The van der Waals surface area contributed by atoms with Gasteiger partial charge in [-0.2, -0.15) is 11.8 Å². The highest BCUT2D eigenvalue weighted by atomic mass is 32.2. The van der Waals surface area contributed by atoms with Crippen LogP contribution in [0.2, 0.25) is 0 Å². The van der Waals surface area contributed by atoms with Crippen molar-refractivity contribution in [2.45, 2.75) is 114 Å². The minimum absolute atomic E-state index is 0.0350. The topological polar surface area (TPSA) is 192 Å². The molecular formula is C40H54F2N8O6S. The van der Waals surface area contributed by atoms with Crippen LogP contribution >= 0.6 is 11.8 Å². The Morgan fingerprint density at radius 1 is 1.05 bits per heavy atom. The molecule has 2 aliphatic heterocycles. The van der Waals surface area contributed by atoms with Crippen molar-refractivity contribution in [3.05, 3.63) is 71.6 Å². The highest BCUT2D eigenvalue weighted by molar-refractivity contribution is 8.00. The standard InChI is InChI=1S/C40H54F2N8O6S/c1-39(2,47-34(52)17-6-5-16-33-35-31(23-57-33)45-38(54)46-35)24-56-40(3,4)20-26-21-50(49-48-26)27-12-9-11-25(19-27)37(53)44-30(15-7-8-18-43)32(51)22-55-36-28(41)13-10-14-29(36)42/h9-14,19,21,30-31,33,35H,5-8,15-18,20,22-24,43H2,1-4H3,(H,44,53)(H,47,52)(H2,45,46,54)/t30-,31-,33-,35-/m0/s1. The van der Waals surface area contributed by atoms with Crippen LogP contribution in [0.15, 0.2) is 48.7 Å². The van der Waals surface area contributed by atoms with E-state index in [-0.39, 0.29) is 42.6 Å². The summed E-state index contributed by atoms with van der Waals surface area (Å²) in [5.74, 6) is -2.71. The normalized spacial score (nSPS) is 18.4. The second-order valence-electron chi connectivity index (χ2n) is 15.8. The summed E-state index contributed by atoms with van der Waals surface area (Å²) in [6.07, 6.45) is 6.62. The zero-order valence-corrected chi connectivity index (χ0v) is 33.8. The maximum absolute atomic E-state index is 14.1. The average molecular weight is 813 g/mol. The Bertz CT molecular complexity index is 1860. The van der Waals surface area contributed by atoms with Crippen LogP contribution in [0, 0.1) is 11.6 Å². The Balaban J connectivity index is 1.09. The smallest absolute Gasteiger partial charge is 0.315 e. The maximum atomic E-state index is 14.1. The molecule has 14 nitrogen and oxygen atoms in total. The molecular weight excluding hydrogens is 759 g/mol. The summed E-state index contributed by atoms with van der Waals surface area (Å²) in [5.41, 5.74) is 5.83. The number of fused-ring (bicyclic) bond motifs is 1. The van der Waals surface area contributed by atoms with Crippen LogP contribution in [0.3, 0.4) is 0 Å². The number of carbonyl (C=O) groups is 4. The van der Waals surface area contributed by atoms with Crippen LogP contribution in [0.4, 0.5) is 13.6 Å². The number of ether oxygens (including phenoxy) is 2. The van der Waals surface area contributed by atoms with Crippen molar-refractivity contribution < 1.29 is 37.4 Å². The van der Waals surface area contributed by atoms with E-state index >= 15 is 0 Å². The monoisotopic (exact) mass is 812 g/mol. The molecule has 3 heterocycles. The van der Waals surface area contributed by atoms with Crippen molar-refractivity contribution >= 4 is 35.4 Å². The number of Topliss-reactive ketones (excluding diaryl/α,β-unsaturated/α-hetero) is 1. The van der Waals surface area contributed by atoms with Gasteiger partial charge >= 0.3 is 6.03 Å². The van der Waals surface area contributed by atoms with E-state index in [9.17, 15) is 28.0 Å². The van der Waals surface area contributed by atoms with Gasteiger partial charge in [0.25, 0.3) is 5.91 Å². The number of ketones is 1. The van der Waals surface area contributed by atoms with E-state index in [0.29, 0.717) is 48.9 Å². The van der Waals surface area contributed by atoms with Crippen molar-refractivity contribution in [3.63, 3.8) is 0 Å². The SMILES string of the molecule is CC(C)(COC(C)(C)Cc1cn(-c2cccc(C(=O)N[C@@H](CCCCN)C(=O)COc3c(F)cccc3F)c2)nn1)NC(=O)CCCC[C@@H]1SC[C@@H]2NC(=O)N[C@@H]21. The lowest BCUT2D eigenvalue weighted by Gasteiger charge is -2.32. The Morgan fingerprint density at radius 2 is 1.81 bits per heavy atom. The van der Waals surface area contributed by atoms with E-state index < -0.39 is 52.9 Å². The number of benzene rings is 2. The lowest BCUT2D eigenvalue weighted by atomic mass is 10.0. The first-order valence-electron chi connectivity index (χ1n) is 19.4. The molecule has 0 aliphatic carbocycles. The van der Waals surface area contributed by atoms with Crippen molar-refractivity contribution in [3.8, 4) is 11.4 Å². The molecule has 2 aliphatic rings. The number of nitrogens with one attached hydrogen (secondary N) is 4. The number of para-hydroxylation sites is 1. The lowest BCUT2D eigenvalue weighted by molar-refractivity contribution is -0.125. The van der Waals surface area contributed by atoms with Crippen molar-refractivity contribution in [1.82, 2.24) is 36.3 Å². The number of unbranched alkanes of at least 4 members (excludes halogenated alkanes) is 2. The van der Waals surface area contributed by atoms with Crippen LogP contribution in [0.1, 0.15) is 88.7 Å². The predicted octanol–water partition coefficient (Wildman–Crippen LogP) is 4.38. The van der Waals surface area contributed by atoms with Gasteiger partial charge in [-0.3, -0.25) is 14.4 Å². The van der Waals surface area contributed by atoms with Gasteiger partial charge in [-0.25, -0.2) is 18.3 Å². The Kier molecular flexibility index (Phi) is 15.0. The number of nitrogens with zero attached hydrogens (tertiary/aromatic N) is 3. The highest BCUT2D eigenvalue weighted by Gasteiger charge is 2.42. The van der Waals surface area contributed by atoms with Gasteiger partial charge < -0.3 is 36.5 Å². The number of rotatable bonds is 22. The molecule has 1 aromatic heterocycles. The van der Waals surface area contributed by atoms with Crippen LogP contribution in [0.25, 0.3) is 5.69 Å². The highest BCUT2D eigenvalue weighted by Crippen LogP contribution is 2.33. The number of carbonyl (C=O) groups excluding carboxylic acids is 4. The first-order valence-corrected chi connectivity index (χ1v) is 20.4. The summed E-state index contributed by atoms with van der Waals surface area (Å²) in [4.78, 5) is 50.9. The molecule has 0 radical (unpaired) electrons. The second-order valence-corrected chi connectivity index (χ2v) is 17.1. The summed E-state index contributed by atoms with van der Waals surface area (Å²) < 4.78 is 41.1. The number of hydrogen-bond acceptors (Lipinski definition) is 10. The molecule has 4 atom stereocenters. The molecule has 0 spiro atoms. The number of aromatic nitrogens is 3. The maximum Gasteiger partial charge on any atom is 0.315 e. The largest absolute Gasteiger partial charge is 0.480 e. The molecule has 0 saturated carbocycles. The summed E-state index contributed by atoms with van der Waals surface area (Å²) >= 11 is 1.87. The second kappa shape index (κ2) is 19.7. The Labute approximate surface area is 336 Å². The molecule has 2 aromatic carbocycles. The summed E-state index contributed by atoms with van der Waals surface area (Å²) in [6, 6.07) is 9.20. The third-order valence-corrected chi connectivity index (χ3v) is 11.3. The number of hydrogen-bond donors (Lipinski definition) is 5. The number of urea groups is 1. The molecule has 2 saturated heterocycles. The predicted molar refractivity (Wildman–Crippen MR) is 212 cm³/mol. The lowest BCUT2D eigenvalue weighted by Crippen LogP contribution is -2.49. The third-order valence-electron chi connectivity index (χ3n) is 9.82. The molecule has 6 N–H and O–H groups in total. The number of thioether (sulfide) groups is 1. The zero-order valence-electron chi connectivity index (χ0n) is 32.9. The Hall–Kier alpha value is -4.61. The molecule has 2 fully saturated rings. The third kappa shape index (κ3) is 12.7.